The first kappa shape index (κ1) is 14.7. The fourth-order valence-electron chi connectivity index (χ4n) is 1.65. The summed E-state index contributed by atoms with van der Waals surface area (Å²) in [7, 11) is 0. The van der Waals surface area contributed by atoms with Crippen LogP contribution < -0.4 is 5.32 Å². The first-order valence-electron chi connectivity index (χ1n) is 5.74. The Morgan fingerprint density at radius 3 is 2.74 bits per heavy atom. The Balaban J connectivity index is 2.15. The summed E-state index contributed by atoms with van der Waals surface area (Å²) in [5, 5.41) is 4.03. The lowest BCUT2D eigenvalue weighted by atomic mass is 10.2. The zero-order chi connectivity index (χ0) is 14.0. The first-order chi connectivity index (χ1) is 8.88. The molecule has 0 radical (unpaired) electrons. The molecule has 0 fully saturated rings. The molecule has 0 saturated carbocycles. The van der Waals surface area contributed by atoms with Gasteiger partial charge in [0.25, 0.3) is 0 Å². The van der Waals surface area contributed by atoms with Gasteiger partial charge in [0.2, 0.25) is 0 Å². The molecule has 0 spiro atoms. The maximum atomic E-state index is 12.7. The van der Waals surface area contributed by atoms with Gasteiger partial charge in [-0.05, 0) is 24.6 Å². The van der Waals surface area contributed by atoms with Gasteiger partial charge in [0.15, 0.2) is 5.17 Å². The van der Waals surface area contributed by atoms with E-state index in [1.807, 2.05) is 0 Å². The summed E-state index contributed by atoms with van der Waals surface area (Å²) >= 11 is 4.66. The van der Waals surface area contributed by atoms with Gasteiger partial charge in [-0.15, -0.1) is 0 Å². The monoisotopic (exact) mass is 352 g/mol. The van der Waals surface area contributed by atoms with Crippen LogP contribution >= 0.6 is 27.7 Å². The number of anilines is 1. The molecule has 0 amide bonds. The van der Waals surface area contributed by atoms with Gasteiger partial charge in [0.1, 0.15) is 0 Å². The molecule has 0 aromatic heterocycles. The van der Waals surface area contributed by atoms with E-state index < -0.39 is 11.7 Å². The number of aliphatic imine (C=N–C) groups is 1. The molecule has 1 aliphatic heterocycles. The van der Waals surface area contributed by atoms with Gasteiger partial charge in [-0.3, -0.25) is 4.99 Å². The van der Waals surface area contributed by atoms with Crippen LogP contribution in [0.15, 0.2) is 27.7 Å². The lowest BCUT2D eigenvalue weighted by Gasteiger charge is -2.12. The van der Waals surface area contributed by atoms with Crippen LogP contribution in [0.25, 0.3) is 0 Å². The lowest BCUT2D eigenvalue weighted by Crippen LogP contribution is -2.10. The van der Waals surface area contributed by atoms with Crippen LogP contribution in [0.2, 0.25) is 0 Å². The third kappa shape index (κ3) is 3.89. The maximum Gasteiger partial charge on any atom is 0.416 e. The summed E-state index contributed by atoms with van der Waals surface area (Å²) in [6.45, 7) is 2.78. The summed E-state index contributed by atoms with van der Waals surface area (Å²) in [5.74, 6) is 0. The largest absolute Gasteiger partial charge is 0.416 e. The Labute approximate surface area is 122 Å². The minimum Gasteiger partial charge on any atom is -0.335 e. The van der Waals surface area contributed by atoms with Crippen molar-refractivity contribution >= 4 is 38.5 Å². The third-order valence-corrected chi connectivity index (χ3v) is 4.38. The topological polar surface area (TPSA) is 24.4 Å². The lowest BCUT2D eigenvalue weighted by molar-refractivity contribution is -0.137. The number of amidine groups is 1. The van der Waals surface area contributed by atoms with Crippen LogP contribution in [0.5, 0.6) is 0 Å². The zero-order valence-corrected chi connectivity index (χ0v) is 12.5. The van der Waals surface area contributed by atoms with E-state index in [9.17, 15) is 13.2 Å². The van der Waals surface area contributed by atoms with Crippen molar-refractivity contribution in [3.8, 4) is 0 Å². The highest BCUT2D eigenvalue weighted by molar-refractivity contribution is 9.10. The van der Waals surface area contributed by atoms with E-state index in [0.29, 0.717) is 27.1 Å². The van der Waals surface area contributed by atoms with E-state index >= 15 is 0 Å². The van der Waals surface area contributed by atoms with E-state index in [0.717, 1.165) is 18.6 Å². The van der Waals surface area contributed by atoms with Crippen LogP contribution in [-0.4, -0.2) is 17.0 Å². The second-order valence-electron chi connectivity index (χ2n) is 4.15. The molecule has 7 heteroatoms. The molecule has 0 aliphatic carbocycles. The Kier molecular flexibility index (Phi) is 4.45. The maximum absolute atomic E-state index is 12.7. The van der Waals surface area contributed by atoms with Crippen LogP contribution in [0.1, 0.15) is 18.9 Å². The smallest absolute Gasteiger partial charge is 0.335 e. The van der Waals surface area contributed by atoms with Gasteiger partial charge in [-0.25, -0.2) is 0 Å². The summed E-state index contributed by atoms with van der Waals surface area (Å²) in [5.41, 5.74) is -0.287. The summed E-state index contributed by atoms with van der Waals surface area (Å²) in [4.78, 5) is 4.28. The fraction of sp³-hybridized carbons (Fsp3) is 0.417. The molecule has 0 bridgehead atoms. The molecule has 2 rings (SSSR count). The van der Waals surface area contributed by atoms with E-state index in [2.05, 4.69) is 33.2 Å². The average Bonchev–Trinajstić information content (AvgIpc) is 2.75. The normalized spacial score (nSPS) is 19.4. The molecular formula is C12H12BrF3N2S. The van der Waals surface area contributed by atoms with Gasteiger partial charge < -0.3 is 5.32 Å². The molecule has 2 nitrogen and oxygen atoms in total. The van der Waals surface area contributed by atoms with Gasteiger partial charge in [0, 0.05) is 15.4 Å². The Morgan fingerprint density at radius 1 is 1.42 bits per heavy atom. The first-order valence-corrected chi connectivity index (χ1v) is 7.41. The molecule has 1 unspecified atom stereocenters. The molecule has 1 aliphatic rings. The zero-order valence-electron chi connectivity index (χ0n) is 10.1. The Morgan fingerprint density at radius 2 is 2.16 bits per heavy atom. The molecular weight excluding hydrogens is 341 g/mol. The van der Waals surface area contributed by atoms with Crippen molar-refractivity contribution in [3.63, 3.8) is 0 Å². The highest BCUT2D eigenvalue weighted by Gasteiger charge is 2.31. The van der Waals surface area contributed by atoms with E-state index in [-0.39, 0.29) is 0 Å². The number of nitrogens with one attached hydrogen (secondary N) is 1. The number of nitrogens with zero attached hydrogens (tertiary/aromatic N) is 1. The molecule has 1 atom stereocenters. The fourth-order valence-corrected chi connectivity index (χ4v) is 3.10. The van der Waals surface area contributed by atoms with Crippen molar-refractivity contribution < 1.29 is 13.2 Å². The summed E-state index contributed by atoms with van der Waals surface area (Å²) < 4.78 is 38.5. The molecule has 19 heavy (non-hydrogen) atoms. The number of hydrogen-bond acceptors (Lipinski definition) is 3. The highest BCUT2D eigenvalue weighted by Crippen LogP contribution is 2.34. The minimum atomic E-state index is -4.35. The predicted molar refractivity (Wildman–Crippen MR) is 76.7 cm³/mol. The van der Waals surface area contributed by atoms with Crippen molar-refractivity contribution in [2.75, 3.05) is 11.9 Å². The van der Waals surface area contributed by atoms with Crippen molar-refractivity contribution in [1.82, 2.24) is 0 Å². The molecule has 1 aromatic rings. The second-order valence-corrected chi connectivity index (χ2v) is 6.35. The number of hydrogen-bond donors (Lipinski definition) is 1. The van der Waals surface area contributed by atoms with Crippen LogP contribution in [0.4, 0.5) is 18.9 Å². The van der Waals surface area contributed by atoms with Gasteiger partial charge >= 0.3 is 6.18 Å². The predicted octanol–water partition coefficient (Wildman–Crippen LogP) is 4.76. The van der Waals surface area contributed by atoms with Crippen LogP contribution in [-0.2, 0) is 6.18 Å². The minimum absolute atomic E-state index is 0.389. The standard InChI is InChI=1S/C12H12BrF3N2S/c1-2-10-6-17-11(19-10)18-9-4-7(12(14,15)16)3-8(13)5-9/h3-5,10H,2,6H2,1H3,(H,17,18). The van der Waals surface area contributed by atoms with E-state index in [4.69, 9.17) is 0 Å². The number of rotatable bonds is 2. The number of alkyl halides is 3. The number of benzene rings is 1. The summed E-state index contributed by atoms with van der Waals surface area (Å²) in [6.07, 6.45) is -3.36. The summed E-state index contributed by atoms with van der Waals surface area (Å²) in [6, 6.07) is 3.76. The van der Waals surface area contributed by atoms with E-state index in [1.54, 1.807) is 17.8 Å². The number of halogens is 4. The Hall–Kier alpha value is -0.690. The molecule has 1 heterocycles. The Bertz CT molecular complexity index is 502. The van der Waals surface area contributed by atoms with Gasteiger partial charge in [-0.2, -0.15) is 13.2 Å². The quantitative estimate of drug-likeness (QED) is 0.829. The van der Waals surface area contributed by atoms with Crippen molar-refractivity contribution in [2.45, 2.75) is 24.8 Å². The van der Waals surface area contributed by atoms with Crippen LogP contribution in [0.3, 0.4) is 0 Å². The van der Waals surface area contributed by atoms with Crippen molar-refractivity contribution in [2.24, 2.45) is 4.99 Å². The second kappa shape index (κ2) is 5.75. The van der Waals surface area contributed by atoms with Crippen molar-refractivity contribution in [3.05, 3.63) is 28.2 Å². The molecule has 1 N–H and O–H groups in total. The third-order valence-electron chi connectivity index (χ3n) is 2.65. The SMILES string of the molecule is CCC1CN=C(Nc2cc(Br)cc(C(F)(F)F)c2)S1. The van der Waals surface area contributed by atoms with Gasteiger partial charge in [-0.1, -0.05) is 34.6 Å². The molecule has 0 saturated heterocycles. The van der Waals surface area contributed by atoms with E-state index in [1.165, 1.54) is 0 Å². The average molecular weight is 353 g/mol. The highest BCUT2D eigenvalue weighted by atomic mass is 79.9. The molecule has 1 aromatic carbocycles. The van der Waals surface area contributed by atoms with Crippen LogP contribution in [0, 0.1) is 0 Å². The number of thioether (sulfide) groups is 1. The molecule has 104 valence electrons. The van der Waals surface area contributed by atoms with Gasteiger partial charge in [0.05, 0.1) is 12.1 Å². The van der Waals surface area contributed by atoms with Crippen molar-refractivity contribution in [1.29, 1.82) is 0 Å².